The molecule has 2 heterocycles. The van der Waals surface area contributed by atoms with Crippen LogP contribution in [0.25, 0.3) is 0 Å². The van der Waals surface area contributed by atoms with E-state index >= 15 is 0 Å². The van der Waals surface area contributed by atoms with Crippen molar-refractivity contribution < 1.29 is 5.11 Å². The Morgan fingerprint density at radius 3 is 3.00 bits per heavy atom. The van der Waals surface area contributed by atoms with E-state index in [1.54, 1.807) is 11.8 Å². The highest BCUT2D eigenvalue weighted by molar-refractivity contribution is 9.10. The van der Waals surface area contributed by atoms with Gasteiger partial charge >= 0.3 is 0 Å². The van der Waals surface area contributed by atoms with Crippen LogP contribution in [-0.2, 0) is 5.60 Å². The lowest BCUT2D eigenvalue weighted by molar-refractivity contribution is 0.0231. The molecule has 1 aromatic rings. The molecule has 1 aliphatic rings. The zero-order chi connectivity index (χ0) is 9.47. The smallest absolute Gasteiger partial charge is 0.128 e. The average molecular weight is 280 g/mol. The molecule has 2 rings (SSSR count). The summed E-state index contributed by atoms with van der Waals surface area (Å²) in [5, 5.41) is 13.1. The van der Waals surface area contributed by atoms with E-state index in [4.69, 9.17) is 0 Å². The van der Waals surface area contributed by atoms with Crippen molar-refractivity contribution in [2.45, 2.75) is 12.5 Å². The molecule has 72 valence electrons. The number of thiazole rings is 1. The molecule has 5 heteroatoms. The first-order chi connectivity index (χ1) is 6.13. The van der Waals surface area contributed by atoms with Gasteiger partial charge in [-0.15, -0.1) is 11.3 Å². The fourth-order valence-electron chi connectivity index (χ4n) is 1.40. The zero-order valence-corrected chi connectivity index (χ0v) is 10.4. The van der Waals surface area contributed by atoms with Gasteiger partial charge in [-0.2, -0.15) is 11.8 Å². The van der Waals surface area contributed by atoms with Crippen molar-refractivity contribution >= 4 is 39.0 Å². The van der Waals surface area contributed by atoms with Gasteiger partial charge in [0.25, 0.3) is 0 Å². The molecule has 1 saturated heterocycles. The van der Waals surface area contributed by atoms with Gasteiger partial charge in [0.2, 0.25) is 0 Å². The van der Waals surface area contributed by atoms with Crippen LogP contribution in [0.15, 0.2) is 9.98 Å². The number of aliphatic hydroxyl groups is 1. The van der Waals surface area contributed by atoms with Gasteiger partial charge in [0, 0.05) is 17.1 Å². The summed E-state index contributed by atoms with van der Waals surface area (Å²) in [5.41, 5.74) is -0.693. The maximum Gasteiger partial charge on any atom is 0.128 e. The van der Waals surface area contributed by atoms with Crippen molar-refractivity contribution in [2.75, 3.05) is 11.5 Å². The summed E-state index contributed by atoms with van der Waals surface area (Å²) in [7, 11) is 0. The van der Waals surface area contributed by atoms with E-state index < -0.39 is 5.60 Å². The molecular weight excluding hydrogens is 270 g/mol. The van der Waals surface area contributed by atoms with E-state index in [0.717, 1.165) is 21.1 Å². The van der Waals surface area contributed by atoms with Crippen molar-refractivity contribution in [1.29, 1.82) is 0 Å². The lowest BCUT2D eigenvalue weighted by atomic mass is 9.93. The molecule has 1 aromatic heterocycles. The number of thioether (sulfide) groups is 1. The Bertz CT molecular complexity index is 317. The van der Waals surface area contributed by atoms with Crippen molar-refractivity contribution in [3.05, 3.63) is 15.0 Å². The van der Waals surface area contributed by atoms with Crippen molar-refractivity contribution in [3.8, 4) is 0 Å². The summed E-state index contributed by atoms with van der Waals surface area (Å²) in [6, 6.07) is 0. The number of rotatable bonds is 1. The zero-order valence-electron chi connectivity index (χ0n) is 7.16. The Morgan fingerprint density at radius 1 is 1.77 bits per heavy atom. The first-order valence-corrected chi connectivity index (χ1v) is 6.87. The number of halogens is 1. The summed E-state index contributed by atoms with van der Waals surface area (Å²) in [5.74, 6) is 2.09. The topological polar surface area (TPSA) is 33.1 Å². The van der Waals surface area contributed by atoms with E-state index in [9.17, 15) is 5.11 Å². The second-order valence-corrected chi connectivity index (χ2v) is 6.02. The third kappa shape index (κ3) is 1.67. The van der Waals surface area contributed by atoms with E-state index in [1.807, 2.05) is 5.38 Å². The van der Waals surface area contributed by atoms with Crippen molar-refractivity contribution in [1.82, 2.24) is 4.98 Å². The molecule has 1 fully saturated rings. The predicted molar refractivity (Wildman–Crippen MR) is 60.2 cm³/mol. The maximum atomic E-state index is 10.4. The van der Waals surface area contributed by atoms with Crippen LogP contribution < -0.4 is 0 Å². The standard InChI is InChI=1S/C8H10BrNOS2/c1-5-2-12-4-8(5,11)7-10-6(9)3-13-7/h3,5,11H,2,4H2,1H3. The SMILES string of the molecule is CC1CSCC1(O)c1nc(Br)cs1. The van der Waals surface area contributed by atoms with Crippen molar-refractivity contribution in [3.63, 3.8) is 0 Å². The summed E-state index contributed by atoms with van der Waals surface area (Å²) in [4.78, 5) is 4.29. The molecule has 0 aromatic carbocycles. The summed E-state index contributed by atoms with van der Waals surface area (Å²) in [6.45, 7) is 2.08. The summed E-state index contributed by atoms with van der Waals surface area (Å²) < 4.78 is 0.824. The molecule has 0 spiro atoms. The second-order valence-electron chi connectivity index (χ2n) is 3.32. The molecule has 0 aliphatic carbocycles. The van der Waals surface area contributed by atoms with Crippen molar-refractivity contribution in [2.24, 2.45) is 5.92 Å². The van der Waals surface area contributed by atoms with Crippen LogP contribution in [0.1, 0.15) is 11.9 Å². The molecule has 0 saturated carbocycles. The molecule has 0 bridgehead atoms. The number of hydrogen-bond acceptors (Lipinski definition) is 4. The van der Waals surface area contributed by atoms with Crippen LogP contribution in [0.5, 0.6) is 0 Å². The number of nitrogens with zero attached hydrogens (tertiary/aromatic N) is 1. The van der Waals surface area contributed by atoms with Gasteiger partial charge in [0.15, 0.2) is 0 Å². The summed E-state index contributed by atoms with van der Waals surface area (Å²) >= 11 is 6.63. The normalized spacial score (nSPS) is 33.9. The van der Waals surface area contributed by atoms with Gasteiger partial charge in [-0.25, -0.2) is 4.98 Å². The third-order valence-corrected chi connectivity index (χ3v) is 5.45. The van der Waals surface area contributed by atoms with Gasteiger partial charge in [-0.3, -0.25) is 0 Å². The summed E-state index contributed by atoms with van der Waals surface area (Å²) in [6.07, 6.45) is 0. The molecule has 0 radical (unpaired) electrons. The Balaban J connectivity index is 2.33. The fourth-order valence-corrected chi connectivity index (χ4v) is 4.43. The van der Waals surface area contributed by atoms with Crippen LogP contribution in [0.4, 0.5) is 0 Å². The Kier molecular flexibility index (Phi) is 2.70. The van der Waals surface area contributed by atoms with E-state index in [2.05, 4.69) is 27.8 Å². The molecule has 2 unspecified atom stereocenters. The lowest BCUT2D eigenvalue weighted by Gasteiger charge is -2.23. The monoisotopic (exact) mass is 279 g/mol. The Labute approximate surface area is 93.9 Å². The van der Waals surface area contributed by atoms with Crippen LogP contribution >= 0.6 is 39.0 Å². The Morgan fingerprint density at radius 2 is 2.54 bits per heavy atom. The highest BCUT2D eigenvalue weighted by Crippen LogP contribution is 2.42. The van der Waals surface area contributed by atoms with Gasteiger partial charge in [0.05, 0.1) is 0 Å². The first-order valence-electron chi connectivity index (χ1n) is 4.04. The highest BCUT2D eigenvalue weighted by atomic mass is 79.9. The van der Waals surface area contributed by atoms with Crippen LogP contribution in [0, 0.1) is 5.92 Å². The number of aromatic nitrogens is 1. The molecule has 2 nitrogen and oxygen atoms in total. The largest absolute Gasteiger partial charge is 0.381 e. The Hall–Kier alpha value is 0.420. The molecule has 2 atom stereocenters. The van der Waals surface area contributed by atoms with Gasteiger partial charge < -0.3 is 5.11 Å². The maximum absolute atomic E-state index is 10.4. The number of hydrogen-bond donors (Lipinski definition) is 1. The second kappa shape index (κ2) is 3.53. The van der Waals surface area contributed by atoms with Gasteiger partial charge in [-0.05, 0) is 21.7 Å². The minimum atomic E-state index is -0.693. The van der Waals surface area contributed by atoms with Gasteiger partial charge in [-0.1, -0.05) is 6.92 Å². The van der Waals surface area contributed by atoms with E-state index in [0.29, 0.717) is 5.92 Å². The van der Waals surface area contributed by atoms with Crippen LogP contribution in [0.3, 0.4) is 0 Å². The molecule has 1 aliphatic heterocycles. The van der Waals surface area contributed by atoms with Gasteiger partial charge in [0.1, 0.15) is 15.2 Å². The first kappa shape index (κ1) is 9.96. The van der Waals surface area contributed by atoms with Crippen LogP contribution in [0.2, 0.25) is 0 Å². The minimum absolute atomic E-state index is 0.301. The van der Waals surface area contributed by atoms with Crippen LogP contribution in [-0.4, -0.2) is 21.6 Å². The minimum Gasteiger partial charge on any atom is -0.381 e. The van der Waals surface area contributed by atoms with E-state index in [1.165, 1.54) is 11.3 Å². The third-order valence-electron chi connectivity index (χ3n) is 2.35. The molecule has 0 amide bonds. The molecule has 13 heavy (non-hydrogen) atoms. The molecule has 1 N–H and O–H groups in total. The quantitative estimate of drug-likeness (QED) is 0.858. The highest BCUT2D eigenvalue weighted by Gasteiger charge is 2.42. The predicted octanol–water partition coefficient (Wildman–Crippen LogP) is 2.48. The lowest BCUT2D eigenvalue weighted by Crippen LogP contribution is -2.32. The average Bonchev–Trinajstić information content (AvgIpc) is 2.62. The van der Waals surface area contributed by atoms with E-state index in [-0.39, 0.29) is 0 Å². The molecular formula is C8H10BrNOS2. The fraction of sp³-hybridized carbons (Fsp3) is 0.625.